The molecule has 10 heteroatoms. The fourth-order valence-corrected chi connectivity index (χ4v) is 6.15. The number of aromatic nitrogens is 1. The number of rotatable bonds is 8. The van der Waals surface area contributed by atoms with Gasteiger partial charge in [0, 0.05) is 16.6 Å². The molecular weight excluding hydrogens is 496 g/mol. The Morgan fingerprint density at radius 1 is 1.06 bits per heavy atom. The summed E-state index contributed by atoms with van der Waals surface area (Å²) in [6, 6.07) is 16.6. The lowest BCUT2D eigenvalue weighted by Crippen LogP contribution is -2.27. The molecule has 1 aromatic heterocycles. The van der Waals surface area contributed by atoms with E-state index in [1.807, 2.05) is 18.2 Å². The van der Waals surface area contributed by atoms with Crippen LogP contribution in [0.2, 0.25) is 5.02 Å². The third-order valence-corrected chi connectivity index (χ3v) is 8.32. The Balaban J connectivity index is 1.65. The molecule has 0 amide bonds. The lowest BCUT2D eigenvalue weighted by molar-refractivity contribution is 0.395. The summed E-state index contributed by atoms with van der Waals surface area (Å²) in [7, 11) is -0.821. The van der Waals surface area contributed by atoms with Gasteiger partial charge < -0.3 is 9.47 Å². The Kier molecular flexibility index (Phi) is 6.99. The van der Waals surface area contributed by atoms with E-state index < -0.39 is 16.1 Å². The number of hydrogen-bond acceptors (Lipinski definition) is 6. The maximum Gasteiger partial charge on any atom is 0.308 e. The third kappa shape index (κ3) is 4.83. The minimum Gasteiger partial charge on any atom is -0.497 e. The van der Waals surface area contributed by atoms with Crippen LogP contribution in [-0.4, -0.2) is 27.2 Å². The highest BCUT2D eigenvalue weighted by Crippen LogP contribution is 2.31. The number of fused-ring (bicyclic) bond motifs is 1. The first-order valence-corrected chi connectivity index (χ1v) is 13.0. The van der Waals surface area contributed by atoms with E-state index in [-0.39, 0.29) is 9.77 Å². The normalized spacial score (nSPS) is 12.6. The van der Waals surface area contributed by atoms with Crippen molar-refractivity contribution < 1.29 is 17.9 Å². The number of hydrogen-bond donors (Lipinski definition) is 1. The second kappa shape index (κ2) is 9.79. The van der Waals surface area contributed by atoms with E-state index in [0.717, 1.165) is 16.9 Å². The predicted molar refractivity (Wildman–Crippen MR) is 135 cm³/mol. The summed E-state index contributed by atoms with van der Waals surface area (Å²) in [5, 5.41) is 0.569. The highest BCUT2D eigenvalue weighted by atomic mass is 35.5. The standard InChI is InChI=1S/C24H23ClN2O5S2/c1-15(19-12-17(31-2)8-11-22(19)32-3)26-34(29,30)18-9-10-21-23(13-18)33-24(28)27(21)14-16-6-4-5-7-20(16)25/h4-13,15,26H,14H2,1-3H3. The molecule has 0 bridgehead atoms. The molecule has 0 aliphatic heterocycles. The van der Waals surface area contributed by atoms with E-state index in [1.165, 1.54) is 19.2 Å². The minimum atomic E-state index is -3.88. The van der Waals surface area contributed by atoms with Crippen molar-refractivity contribution in [1.29, 1.82) is 0 Å². The van der Waals surface area contributed by atoms with E-state index >= 15 is 0 Å². The van der Waals surface area contributed by atoms with E-state index in [2.05, 4.69) is 4.72 Å². The van der Waals surface area contributed by atoms with Crippen molar-refractivity contribution >= 4 is 43.2 Å². The Morgan fingerprint density at radius 3 is 2.53 bits per heavy atom. The number of thiazole rings is 1. The number of halogens is 1. The lowest BCUT2D eigenvalue weighted by Gasteiger charge is -2.18. The Labute approximate surface area is 206 Å². The van der Waals surface area contributed by atoms with Crippen LogP contribution in [0.1, 0.15) is 24.1 Å². The van der Waals surface area contributed by atoms with Gasteiger partial charge in [0.15, 0.2) is 0 Å². The van der Waals surface area contributed by atoms with Gasteiger partial charge in [0.05, 0.1) is 35.9 Å². The molecule has 0 saturated heterocycles. The van der Waals surface area contributed by atoms with Crippen LogP contribution in [0.25, 0.3) is 10.2 Å². The predicted octanol–water partition coefficient (Wildman–Crippen LogP) is 4.82. The van der Waals surface area contributed by atoms with Gasteiger partial charge in [0.25, 0.3) is 0 Å². The van der Waals surface area contributed by atoms with Crippen LogP contribution in [0.15, 0.2) is 70.4 Å². The fourth-order valence-electron chi connectivity index (χ4n) is 3.70. The van der Waals surface area contributed by atoms with Crippen molar-refractivity contribution in [3.05, 3.63) is 86.5 Å². The van der Waals surface area contributed by atoms with E-state index in [0.29, 0.717) is 38.8 Å². The molecule has 1 heterocycles. The quantitative estimate of drug-likeness (QED) is 0.361. The highest BCUT2D eigenvalue weighted by Gasteiger charge is 2.22. The summed E-state index contributed by atoms with van der Waals surface area (Å²) >= 11 is 7.25. The molecule has 1 N–H and O–H groups in total. The van der Waals surface area contributed by atoms with Crippen LogP contribution in [0.4, 0.5) is 0 Å². The molecule has 178 valence electrons. The smallest absolute Gasteiger partial charge is 0.308 e. The molecule has 34 heavy (non-hydrogen) atoms. The molecule has 1 atom stereocenters. The molecule has 0 aliphatic rings. The molecule has 3 aromatic carbocycles. The van der Waals surface area contributed by atoms with Gasteiger partial charge in [-0.15, -0.1) is 0 Å². The van der Waals surface area contributed by atoms with Crippen molar-refractivity contribution in [2.24, 2.45) is 0 Å². The summed E-state index contributed by atoms with van der Waals surface area (Å²) in [5.74, 6) is 1.13. The van der Waals surface area contributed by atoms with E-state index in [4.69, 9.17) is 21.1 Å². The van der Waals surface area contributed by atoms with E-state index in [9.17, 15) is 13.2 Å². The summed E-state index contributed by atoms with van der Waals surface area (Å²) in [6.07, 6.45) is 0. The lowest BCUT2D eigenvalue weighted by atomic mass is 10.1. The minimum absolute atomic E-state index is 0.0693. The van der Waals surface area contributed by atoms with Crippen molar-refractivity contribution in [1.82, 2.24) is 9.29 Å². The monoisotopic (exact) mass is 518 g/mol. The number of nitrogens with zero attached hydrogens (tertiary/aromatic N) is 1. The van der Waals surface area contributed by atoms with Gasteiger partial charge in [-0.25, -0.2) is 13.1 Å². The number of sulfonamides is 1. The van der Waals surface area contributed by atoms with Gasteiger partial charge >= 0.3 is 4.87 Å². The average Bonchev–Trinajstić information content (AvgIpc) is 3.13. The second-order valence-corrected chi connectivity index (χ2v) is 10.7. The molecule has 7 nitrogen and oxygen atoms in total. The second-order valence-electron chi connectivity index (χ2n) is 7.63. The van der Waals surface area contributed by atoms with E-state index in [1.54, 1.807) is 48.9 Å². The SMILES string of the molecule is COc1ccc(OC)c(C(C)NS(=O)(=O)c2ccc3c(c2)sc(=O)n3Cc2ccccc2Cl)c1. The van der Waals surface area contributed by atoms with Crippen LogP contribution in [0.5, 0.6) is 11.5 Å². The zero-order valence-electron chi connectivity index (χ0n) is 18.7. The maximum atomic E-state index is 13.2. The van der Waals surface area contributed by atoms with Crippen LogP contribution in [-0.2, 0) is 16.6 Å². The number of ether oxygens (including phenoxy) is 2. The Hall–Kier alpha value is -2.85. The molecule has 0 radical (unpaired) electrons. The van der Waals surface area contributed by atoms with Gasteiger partial charge in [-0.05, 0) is 55.0 Å². The molecule has 0 fully saturated rings. The average molecular weight is 519 g/mol. The zero-order valence-corrected chi connectivity index (χ0v) is 21.1. The van der Waals surface area contributed by atoms with Crippen molar-refractivity contribution in [2.45, 2.75) is 24.4 Å². The topological polar surface area (TPSA) is 86.6 Å². The first-order valence-electron chi connectivity index (χ1n) is 10.3. The van der Waals surface area contributed by atoms with Gasteiger partial charge in [-0.1, -0.05) is 41.1 Å². The molecule has 4 aromatic rings. The van der Waals surface area contributed by atoms with Gasteiger partial charge in [-0.2, -0.15) is 0 Å². The van der Waals surface area contributed by atoms with Crippen molar-refractivity contribution in [3.8, 4) is 11.5 Å². The van der Waals surface area contributed by atoms with Crippen molar-refractivity contribution in [2.75, 3.05) is 14.2 Å². The molecule has 0 aliphatic carbocycles. The Bertz CT molecular complexity index is 1510. The number of benzene rings is 3. The first-order chi connectivity index (χ1) is 16.2. The van der Waals surface area contributed by atoms with Gasteiger partial charge in [0.2, 0.25) is 10.0 Å². The molecule has 0 spiro atoms. The van der Waals surface area contributed by atoms with Crippen LogP contribution in [0.3, 0.4) is 0 Å². The van der Waals surface area contributed by atoms with Crippen LogP contribution >= 0.6 is 22.9 Å². The third-order valence-electron chi connectivity index (χ3n) is 5.47. The summed E-state index contributed by atoms with van der Waals surface area (Å²) in [5.41, 5.74) is 2.10. The molecule has 1 unspecified atom stereocenters. The molecule has 0 saturated carbocycles. The van der Waals surface area contributed by atoms with Crippen LogP contribution < -0.4 is 19.1 Å². The van der Waals surface area contributed by atoms with Gasteiger partial charge in [-0.3, -0.25) is 9.36 Å². The zero-order chi connectivity index (χ0) is 24.5. The first kappa shape index (κ1) is 24.3. The fraction of sp³-hybridized carbons (Fsp3) is 0.208. The van der Waals surface area contributed by atoms with Gasteiger partial charge in [0.1, 0.15) is 11.5 Å². The Morgan fingerprint density at radius 2 is 1.82 bits per heavy atom. The molecular formula is C24H23ClN2O5S2. The number of methoxy groups -OCH3 is 2. The number of nitrogens with one attached hydrogen (secondary N) is 1. The summed E-state index contributed by atoms with van der Waals surface area (Å²) < 4.78 is 41.8. The molecule has 4 rings (SSSR count). The van der Waals surface area contributed by atoms with Crippen LogP contribution in [0, 0.1) is 0 Å². The highest BCUT2D eigenvalue weighted by molar-refractivity contribution is 7.89. The maximum absolute atomic E-state index is 13.2. The summed E-state index contributed by atoms with van der Waals surface area (Å²) in [6.45, 7) is 2.03. The van der Waals surface area contributed by atoms with Crippen molar-refractivity contribution in [3.63, 3.8) is 0 Å². The largest absolute Gasteiger partial charge is 0.497 e. The summed E-state index contributed by atoms with van der Waals surface area (Å²) in [4.78, 5) is 12.5.